The highest BCUT2D eigenvalue weighted by Gasteiger charge is 2.19. The molecule has 7 heteroatoms. The van der Waals surface area contributed by atoms with Crippen LogP contribution in [0.2, 0.25) is 0 Å². The van der Waals surface area contributed by atoms with Crippen molar-refractivity contribution in [1.29, 1.82) is 5.26 Å². The summed E-state index contributed by atoms with van der Waals surface area (Å²) in [4.78, 5) is 17.4. The van der Waals surface area contributed by atoms with Crippen molar-refractivity contribution in [1.82, 2.24) is 19.5 Å². The lowest BCUT2D eigenvalue weighted by molar-refractivity contribution is 0.796. The number of rotatable bonds is 4. The van der Waals surface area contributed by atoms with Crippen LogP contribution in [0, 0.1) is 11.3 Å². The molecule has 0 N–H and O–H groups in total. The Balaban J connectivity index is 2.25. The van der Waals surface area contributed by atoms with E-state index in [1.165, 1.54) is 0 Å². The molecule has 0 bridgehead atoms. The van der Waals surface area contributed by atoms with Crippen molar-refractivity contribution >= 4 is 22.9 Å². The quantitative estimate of drug-likeness (QED) is 0.730. The fourth-order valence-corrected chi connectivity index (χ4v) is 2.49. The summed E-state index contributed by atoms with van der Waals surface area (Å²) in [5.74, 6) is 1.62. The number of nitrogens with zero attached hydrogens (tertiary/aromatic N) is 7. The first-order chi connectivity index (χ1) is 11.5. The van der Waals surface area contributed by atoms with Crippen molar-refractivity contribution in [2.75, 3.05) is 38.0 Å². The molecule has 0 atom stereocenters. The third kappa shape index (κ3) is 2.74. The van der Waals surface area contributed by atoms with Gasteiger partial charge in [0.1, 0.15) is 6.07 Å². The second kappa shape index (κ2) is 6.16. The predicted octanol–water partition coefficient (Wildman–Crippen LogP) is 1.88. The van der Waals surface area contributed by atoms with E-state index >= 15 is 0 Å². The van der Waals surface area contributed by atoms with Gasteiger partial charge in [-0.1, -0.05) is 30.3 Å². The number of nitriles is 1. The molecule has 0 saturated heterocycles. The number of hydrogen-bond donors (Lipinski definition) is 0. The molecular formula is C17H19N7. The molecule has 3 aromatic rings. The molecule has 24 heavy (non-hydrogen) atoms. The van der Waals surface area contributed by atoms with Crippen LogP contribution >= 0.6 is 0 Å². The molecular weight excluding hydrogens is 302 g/mol. The summed E-state index contributed by atoms with van der Waals surface area (Å²) < 4.78 is 1.84. The van der Waals surface area contributed by atoms with E-state index < -0.39 is 0 Å². The van der Waals surface area contributed by atoms with Crippen LogP contribution in [-0.4, -0.2) is 47.7 Å². The molecule has 0 fully saturated rings. The molecule has 1 aromatic carbocycles. The van der Waals surface area contributed by atoms with Gasteiger partial charge >= 0.3 is 0 Å². The van der Waals surface area contributed by atoms with E-state index in [0.717, 1.165) is 5.56 Å². The Morgan fingerprint density at radius 1 is 1.00 bits per heavy atom. The van der Waals surface area contributed by atoms with Crippen LogP contribution in [0.25, 0.3) is 11.2 Å². The van der Waals surface area contributed by atoms with Crippen LogP contribution < -0.4 is 9.80 Å². The highest BCUT2D eigenvalue weighted by Crippen LogP contribution is 2.26. The van der Waals surface area contributed by atoms with Gasteiger partial charge in [-0.25, -0.2) is 4.98 Å². The Kier molecular flexibility index (Phi) is 4.04. The van der Waals surface area contributed by atoms with Gasteiger partial charge in [0, 0.05) is 28.2 Å². The molecule has 0 aliphatic carbocycles. The van der Waals surface area contributed by atoms with Crippen LogP contribution in [0.3, 0.4) is 0 Å². The first kappa shape index (κ1) is 15.7. The molecule has 2 aromatic heterocycles. The highest BCUT2D eigenvalue weighted by atomic mass is 15.3. The van der Waals surface area contributed by atoms with Crippen molar-refractivity contribution in [2.45, 2.75) is 6.54 Å². The Labute approximate surface area is 140 Å². The summed E-state index contributed by atoms with van der Waals surface area (Å²) in [5.41, 5.74) is 2.39. The van der Waals surface area contributed by atoms with E-state index in [2.05, 4.69) is 21.0 Å². The minimum absolute atomic E-state index is 0.335. The van der Waals surface area contributed by atoms with Gasteiger partial charge in [-0.3, -0.25) is 4.57 Å². The second-order valence-corrected chi connectivity index (χ2v) is 5.93. The van der Waals surface area contributed by atoms with Crippen molar-refractivity contribution in [3.8, 4) is 6.07 Å². The van der Waals surface area contributed by atoms with E-state index in [-0.39, 0.29) is 0 Å². The smallest absolute Gasteiger partial charge is 0.228 e. The minimum atomic E-state index is 0.335. The largest absolute Gasteiger partial charge is 0.361 e. The second-order valence-electron chi connectivity index (χ2n) is 5.93. The molecule has 0 saturated carbocycles. The monoisotopic (exact) mass is 321 g/mol. The number of hydrogen-bond acceptors (Lipinski definition) is 6. The summed E-state index contributed by atoms with van der Waals surface area (Å²) >= 11 is 0. The summed E-state index contributed by atoms with van der Waals surface area (Å²) in [6.07, 6.45) is 0. The molecule has 0 amide bonds. The molecule has 0 radical (unpaired) electrons. The Morgan fingerprint density at radius 2 is 1.71 bits per heavy atom. The Bertz CT molecular complexity index is 904. The Morgan fingerprint density at radius 3 is 2.29 bits per heavy atom. The van der Waals surface area contributed by atoms with Gasteiger partial charge in [-0.15, -0.1) is 0 Å². The lowest BCUT2D eigenvalue weighted by Crippen LogP contribution is -2.18. The number of aromatic nitrogens is 4. The van der Waals surface area contributed by atoms with Gasteiger partial charge in [0.05, 0.1) is 6.54 Å². The molecule has 0 aliphatic heterocycles. The molecule has 0 aliphatic rings. The fraction of sp³-hybridized carbons (Fsp3) is 0.294. The molecule has 7 nitrogen and oxygen atoms in total. The number of anilines is 2. The van der Waals surface area contributed by atoms with E-state index in [9.17, 15) is 5.26 Å². The fourth-order valence-electron chi connectivity index (χ4n) is 2.49. The van der Waals surface area contributed by atoms with Crippen LogP contribution in [0.15, 0.2) is 30.3 Å². The van der Waals surface area contributed by atoms with Crippen molar-refractivity contribution < 1.29 is 0 Å². The maximum Gasteiger partial charge on any atom is 0.228 e. The zero-order chi connectivity index (χ0) is 17.3. The lowest BCUT2D eigenvalue weighted by atomic mass is 10.2. The summed E-state index contributed by atoms with van der Waals surface area (Å²) in [5, 5.41) is 9.50. The average molecular weight is 321 g/mol. The van der Waals surface area contributed by atoms with Gasteiger partial charge in [-0.05, 0) is 5.56 Å². The van der Waals surface area contributed by atoms with Crippen molar-refractivity contribution in [3.63, 3.8) is 0 Å². The van der Waals surface area contributed by atoms with Gasteiger partial charge in [-0.2, -0.15) is 15.2 Å². The van der Waals surface area contributed by atoms with Crippen LogP contribution in [-0.2, 0) is 6.54 Å². The topological polar surface area (TPSA) is 73.9 Å². The highest BCUT2D eigenvalue weighted by molar-refractivity contribution is 5.85. The number of imidazole rings is 1. The first-order valence-corrected chi connectivity index (χ1v) is 7.58. The molecule has 2 heterocycles. The summed E-state index contributed by atoms with van der Waals surface area (Å²) in [6.45, 7) is 0.539. The van der Waals surface area contributed by atoms with Crippen LogP contribution in [0.5, 0.6) is 0 Å². The maximum atomic E-state index is 9.50. The van der Waals surface area contributed by atoms with Crippen LogP contribution in [0.1, 0.15) is 11.4 Å². The maximum absolute atomic E-state index is 9.50. The van der Waals surface area contributed by atoms with E-state index in [1.54, 1.807) is 0 Å². The molecule has 122 valence electrons. The normalized spacial score (nSPS) is 10.6. The van der Waals surface area contributed by atoms with Gasteiger partial charge in [0.25, 0.3) is 0 Å². The summed E-state index contributed by atoms with van der Waals surface area (Å²) in [7, 11) is 7.60. The zero-order valence-electron chi connectivity index (χ0n) is 14.2. The average Bonchev–Trinajstić information content (AvgIpc) is 2.92. The van der Waals surface area contributed by atoms with Crippen molar-refractivity contribution in [2.24, 2.45) is 0 Å². The van der Waals surface area contributed by atoms with E-state index in [1.807, 2.05) is 72.9 Å². The summed E-state index contributed by atoms with van der Waals surface area (Å²) in [6, 6.07) is 12.1. The van der Waals surface area contributed by atoms with Gasteiger partial charge in [0.2, 0.25) is 11.8 Å². The third-order valence-corrected chi connectivity index (χ3v) is 3.67. The Hall–Kier alpha value is -3.14. The SMILES string of the molecule is CN(C)c1nc(N(C)C)c2nc(C#N)n(Cc3ccccc3)c2n1. The van der Waals surface area contributed by atoms with Crippen molar-refractivity contribution in [3.05, 3.63) is 41.7 Å². The lowest BCUT2D eigenvalue weighted by Gasteiger charge is -2.16. The third-order valence-electron chi connectivity index (χ3n) is 3.67. The predicted molar refractivity (Wildman–Crippen MR) is 94.2 cm³/mol. The minimum Gasteiger partial charge on any atom is -0.361 e. The standard InChI is InChI=1S/C17H19N7/c1-22(2)15-14-16(21-17(20-15)23(3)4)24(13(10-18)19-14)11-12-8-6-5-7-9-12/h5-9H,11H2,1-4H3. The number of fused-ring (bicyclic) bond motifs is 1. The van der Waals surface area contributed by atoms with Crippen LogP contribution in [0.4, 0.5) is 11.8 Å². The number of benzene rings is 1. The van der Waals surface area contributed by atoms with E-state index in [4.69, 9.17) is 0 Å². The van der Waals surface area contributed by atoms with Gasteiger partial charge in [0.15, 0.2) is 17.0 Å². The molecule has 3 rings (SSSR count). The van der Waals surface area contributed by atoms with Gasteiger partial charge < -0.3 is 9.80 Å². The zero-order valence-corrected chi connectivity index (χ0v) is 14.2. The molecule has 0 unspecified atom stereocenters. The molecule has 0 spiro atoms. The first-order valence-electron chi connectivity index (χ1n) is 7.58. The van der Waals surface area contributed by atoms with E-state index in [0.29, 0.717) is 35.3 Å².